The van der Waals surface area contributed by atoms with Crippen LogP contribution in [-0.4, -0.2) is 38.9 Å². The standard InChI is InChI=1S/C18H26F3NO5S/c1-13-7-9-15(10-8-13)28(24,25)26-11-5-6-14(12-18(19,20)21)22-16(23)27-17(2,3)4/h7-10,14H,5-6,11-12H2,1-4H3,(H,22,23). The number of carbonyl (C=O) groups is 1. The van der Waals surface area contributed by atoms with Crippen LogP contribution in [-0.2, 0) is 19.0 Å². The Balaban J connectivity index is 2.60. The Labute approximate surface area is 163 Å². The molecule has 0 saturated heterocycles. The number of alkyl halides is 3. The van der Waals surface area contributed by atoms with Crippen LogP contribution in [0.5, 0.6) is 0 Å². The molecule has 1 unspecified atom stereocenters. The van der Waals surface area contributed by atoms with Crippen LogP contribution in [0.2, 0.25) is 0 Å². The van der Waals surface area contributed by atoms with E-state index in [0.29, 0.717) is 0 Å². The predicted octanol–water partition coefficient (Wildman–Crippen LogP) is 4.33. The molecule has 0 fully saturated rings. The van der Waals surface area contributed by atoms with Crippen molar-refractivity contribution in [2.24, 2.45) is 0 Å². The first-order valence-electron chi connectivity index (χ1n) is 8.70. The molecule has 1 amide bonds. The van der Waals surface area contributed by atoms with E-state index in [1.54, 1.807) is 39.8 Å². The highest BCUT2D eigenvalue weighted by Gasteiger charge is 2.33. The highest BCUT2D eigenvalue weighted by molar-refractivity contribution is 7.86. The molecule has 28 heavy (non-hydrogen) atoms. The zero-order valence-electron chi connectivity index (χ0n) is 16.3. The van der Waals surface area contributed by atoms with E-state index in [4.69, 9.17) is 8.92 Å². The number of halogens is 3. The van der Waals surface area contributed by atoms with Crippen molar-refractivity contribution in [1.29, 1.82) is 0 Å². The molecular formula is C18H26F3NO5S. The Kier molecular flexibility index (Phi) is 8.30. The smallest absolute Gasteiger partial charge is 0.407 e. The number of aryl methyl sites for hydroxylation is 1. The lowest BCUT2D eigenvalue weighted by Crippen LogP contribution is -2.41. The average Bonchev–Trinajstić information content (AvgIpc) is 2.48. The largest absolute Gasteiger partial charge is 0.444 e. The lowest BCUT2D eigenvalue weighted by molar-refractivity contribution is -0.140. The van der Waals surface area contributed by atoms with E-state index < -0.39 is 40.5 Å². The Bertz CT molecular complexity index is 740. The third-order valence-electron chi connectivity index (χ3n) is 3.44. The van der Waals surface area contributed by atoms with Gasteiger partial charge >= 0.3 is 12.3 Å². The summed E-state index contributed by atoms with van der Waals surface area (Å²) in [5, 5.41) is 2.18. The van der Waals surface area contributed by atoms with Crippen LogP contribution in [0.15, 0.2) is 29.2 Å². The zero-order valence-corrected chi connectivity index (χ0v) is 17.1. The van der Waals surface area contributed by atoms with Gasteiger partial charge in [0.2, 0.25) is 0 Å². The molecule has 160 valence electrons. The van der Waals surface area contributed by atoms with Gasteiger partial charge in [-0.2, -0.15) is 21.6 Å². The first kappa shape index (κ1) is 24.2. The Morgan fingerprint density at radius 1 is 1.14 bits per heavy atom. The minimum atomic E-state index is -4.49. The summed E-state index contributed by atoms with van der Waals surface area (Å²) >= 11 is 0. The van der Waals surface area contributed by atoms with E-state index in [9.17, 15) is 26.4 Å². The molecule has 1 aromatic rings. The molecule has 10 heteroatoms. The summed E-state index contributed by atoms with van der Waals surface area (Å²) in [6.07, 6.45) is -6.83. The molecule has 1 N–H and O–H groups in total. The van der Waals surface area contributed by atoms with Crippen LogP contribution < -0.4 is 5.32 Å². The van der Waals surface area contributed by atoms with Crippen molar-refractivity contribution in [3.8, 4) is 0 Å². The number of carbonyl (C=O) groups excluding carboxylic acids is 1. The zero-order chi connectivity index (χ0) is 21.6. The number of hydrogen-bond acceptors (Lipinski definition) is 5. The molecule has 0 spiro atoms. The summed E-state index contributed by atoms with van der Waals surface area (Å²) in [4.78, 5) is 11.7. The van der Waals surface area contributed by atoms with Crippen LogP contribution in [0.25, 0.3) is 0 Å². The number of rotatable bonds is 8. The van der Waals surface area contributed by atoms with Crippen molar-refractivity contribution < 1.29 is 35.3 Å². The summed E-state index contributed by atoms with van der Waals surface area (Å²) in [7, 11) is -3.99. The van der Waals surface area contributed by atoms with Crippen LogP contribution in [0.3, 0.4) is 0 Å². The highest BCUT2D eigenvalue weighted by atomic mass is 32.2. The topological polar surface area (TPSA) is 81.7 Å². The lowest BCUT2D eigenvalue weighted by atomic mass is 10.1. The molecule has 1 rings (SSSR count). The van der Waals surface area contributed by atoms with Gasteiger partial charge in [-0.15, -0.1) is 0 Å². The van der Waals surface area contributed by atoms with Crippen LogP contribution in [0, 0.1) is 6.92 Å². The van der Waals surface area contributed by atoms with Crippen molar-refractivity contribution in [2.45, 2.75) is 69.7 Å². The molecule has 0 bridgehead atoms. The number of nitrogens with one attached hydrogen (secondary N) is 1. The molecule has 6 nitrogen and oxygen atoms in total. The fourth-order valence-electron chi connectivity index (χ4n) is 2.25. The third-order valence-corrected chi connectivity index (χ3v) is 4.77. The first-order chi connectivity index (χ1) is 12.7. The van der Waals surface area contributed by atoms with Crippen molar-refractivity contribution in [1.82, 2.24) is 5.32 Å². The molecule has 0 aliphatic carbocycles. The van der Waals surface area contributed by atoms with Crippen LogP contribution in [0.1, 0.15) is 45.6 Å². The van der Waals surface area contributed by atoms with E-state index in [0.717, 1.165) is 5.56 Å². The van der Waals surface area contributed by atoms with Gasteiger partial charge in [-0.1, -0.05) is 17.7 Å². The van der Waals surface area contributed by atoms with E-state index in [1.165, 1.54) is 12.1 Å². The van der Waals surface area contributed by atoms with Gasteiger partial charge < -0.3 is 10.1 Å². The van der Waals surface area contributed by atoms with E-state index in [2.05, 4.69) is 5.32 Å². The van der Waals surface area contributed by atoms with Crippen LogP contribution >= 0.6 is 0 Å². The van der Waals surface area contributed by atoms with Gasteiger partial charge in [0.25, 0.3) is 10.1 Å². The number of alkyl carbamates (subject to hydrolysis) is 1. The molecule has 0 heterocycles. The average molecular weight is 425 g/mol. The second-order valence-corrected chi connectivity index (χ2v) is 9.01. The second kappa shape index (κ2) is 9.60. The van der Waals surface area contributed by atoms with Crippen LogP contribution in [0.4, 0.5) is 18.0 Å². The minimum absolute atomic E-state index is 0.00162. The molecule has 0 aliphatic rings. The Morgan fingerprint density at radius 2 is 1.71 bits per heavy atom. The monoisotopic (exact) mass is 425 g/mol. The number of ether oxygens (including phenoxy) is 1. The fraction of sp³-hybridized carbons (Fsp3) is 0.611. The lowest BCUT2D eigenvalue weighted by Gasteiger charge is -2.24. The van der Waals surface area contributed by atoms with Gasteiger partial charge in [-0.3, -0.25) is 4.18 Å². The highest BCUT2D eigenvalue weighted by Crippen LogP contribution is 2.24. The Hall–Kier alpha value is -1.81. The van der Waals surface area contributed by atoms with Crippen molar-refractivity contribution in [3.05, 3.63) is 29.8 Å². The maximum absolute atomic E-state index is 12.7. The normalized spacial score (nSPS) is 13.8. The maximum Gasteiger partial charge on any atom is 0.407 e. The van der Waals surface area contributed by atoms with Gasteiger partial charge in [0.15, 0.2) is 0 Å². The van der Waals surface area contributed by atoms with Crippen molar-refractivity contribution in [2.75, 3.05) is 6.61 Å². The summed E-state index contributed by atoms with van der Waals surface area (Å²) < 4.78 is 72.1. The summed E-state index contributed by atoms with van der Waals surface area (Å²) in [6.45, 7) is 6.27. The summed E-state index contributed by atoms with van der Waals surface area (Å²) in [6, 6.07) is 4.75. The van der Waals surface area contributed by atoms with Gasteiger partial charge in [-0.05, 0) is 52.7 Å². The molecule has 0 aliphatic heterocycles. The number of amides is 1. The SMILES string of the molecule is Cc1ccc(S(=O)(=O)OCCCC(CC(F)(F)F)NC(=O)OC(C)(C)C)cc1. The van der Waals surface area contributed by atoms with Gasteiger partial charge in [0.05, 0.1) is 17.9 Å². The quantitative estimate of drug-likeness (QED) is 0.495. The molecule has 1 aromatic carbocycles. The molecular weight excluding hydrogens is 399 g/mol. The number of benzene rings is 1. The summed E-state index contributed by atoms with van der Waals surface area (Å²) in [5.41, 5.74) is 0.0279. The Morgan fingerprint density at radius 3 is 2.21 bits per heavy atom. The van der Waals surface area contributed by atoms with E-state index in [1.807, 2.05) is 0 Å². The second-order valence-electron chi connectivity index (χ2n) is 7.39. The predicted molar refractivity (Wildman–Crippen MR) is 97.4 cm³/mol. The van der Waals surface area contributed by atoms with Crippen molar-refractivity contribution in [3.63, 3.8) is 0 Å². The van der Waals surface area contributed by atoms with E-state index in [-0.39, 0.29) is 24.3 Å². The van der Waals surface area contributed by atoms with E-state index >= 15 is 0 Å². The molecule has 0 radical (unpaired) electrons. The third kappa shape index (κ3) is 9.93. The van der Waals surface area contributed by atoms with Crippen molar-refractivity contribution >= 4 is 16.2 Å². The number of hydrogen-bond donors (Lipinski definition) is 1. The fourth-order valence-corrected chi connectivity index (χ4v) is 3.19. The first-order valence-corrected chi connectivity index (χ1v) is 10.1. The summed E-state index contributed by atoms with van der Waals surface area (Å²) in [5.74, 6) is 0. The molecule has 0 saturated carbocycles. The van der Waals surface area contributed by atoms with Gasteiger partial charge in [0, 0.05) is 6.04 Å². The maximum atomic E-state index is 12.7. The van der Waals surface area contributed by atoms with Gasteiger partial charge in [-0.25, -0.2) is 4.79 Å². The molecule has 0 aromatic heterocycles. The van der Waals surface area contributed by atoms with Gasteiger partial charge in [0.1, 0.15) is 5.60 Å². The minimum Gasteiger partial charge on any atom is -0.444 e. The molecule has 1 atom stereocenters.